The maximum absolute atomic E-state index is 13.4. The molecule has 3 aromatic rings. The molecular formula is C23H24N2O3S2. The van der Waals surface area contributed by atoms with Crippen molar-refractivity contribution in [3.63, 3.8) is 0 Å². The van der Waals surface area contributed by atoms with Crippen molar-refractivity contribution in [1.82, 2.24) is 0 Å². The average molecular weight is 441 g/mol. The van der Waals surface area contributed by atoms with E-state index in [4.69, 9.17) is 0 Å². The molecule has 0 saturated carbocycles. The van der Waals surface area contributed by atoms with Crippen LogP contribution in [0.3, 0.4) is 0 Å². The lowest BCUT2D eigenvalue weighted by Gasteiger charge is -2.26. The van der Waals surface area contributed by atoms with E-state index in [0.717, 1.165) is 16.0 Å². The molecule has 0 saturated heterocycles. The van der Waals surface area contributed by atoms with Crippen molar-refractivity contribution in [3.8, 4) is 0 Å². The highest BCUT2D eigenvalue weighted by Gasteiger charge is 2.28. The lowest BCUT2D eigenvalue weighted by Crippen LogP contribution is -2.38. The van der Waals surface area contributed by atoms with E-state index in [1.807, 2.05) is 44.4 Å². The minimum absolute atomic E-state index is 0.142. The first-order valence-electron chi connectivity index (χ1n) is 9.41. The van der Waals surface area contributed by atoms with Crippen LogP contribution in [0.4, 0.5) is 11.4 Å². The van der Waals surface area contributed by atoms with E-state index in [1.165, 1.54) is 16.4 Å². The van der Waals surface area contributed by atoms with E-state index >= 15 is 0 Å². The molecule has 0 spiro atoms. The molecule has 1 amide bonds. The predicted molar refractivity (Wildman–Crippen MR) is 124 cm³/mol. The number of hydrogen-bond acceptors (Lipinski definition) is 4. The number of benzene rings is 3. The minimum atomic E-state index is -3.93. The van der Waals surface area contributed by atoms with Crippen molar-refractivity contribution < 1.29 is 13.2 Å². The van der Waals surface area contributed by atoms with Crippen LogP contribution in [0.2, 0.25) is 0 Å². The Kier molecular flexibility index (Phi) is 6.84. The van der Waals surface area contributed by atoms with Crippen LogP contribution >= 0.6 is 11.8 Å². The van der Waals surface area contributed by atoms with E-state index in [1.54, 1.807) is 48.2 Å². The monoisotopic (exact) mass is 440 g/mol. The van der Waals surface area contributed by atoms with Gasteiger partial charge in [0.25, 0.3) is 10.0 Å². The van der Waals surface area contributed by atoms with Gasteiger partial charge in [-0.05, 0) is 67.6 Å². The van der Waals surface area contributed by atoms with Gasteiger partial charge in [-0.3, -0.25) is 9.10 Å². The summed E-state index contributed by atoms with van der Waals surface area (Å²) in [5.74, 6) is -0.409. The van der Waals surface area contributed by atoms with Crippen molar-refractivity contribution >= 4 is 39.1 Å². The molecule has 0 radical (unpaired) electrons. The Balaban J connectivity index is 1.97. The summed E-state index contributed by atoms with van der Waals surface area (Å²) >= 11 is 1.57. The molecule has 0 aliphatic rings. The fourth-order valence-electron chi connectivity index (χ4n) is 3.06. The fraction of sp³-hybridized carbons (Fsp3) is 0.174. The van der Waals surface area contributed by atoms with Gasteiger partial charge in [-0.15, -0.1) is 11.8 Å². The lowest BCUT2D eigenvalue weighted by molar-refractivity contribution is -0.114. The molecule has 0 unspecified atom stereocenters. The second kappa shape index (κ2) is 9.36. The molecule has 0 heterocycles. The first kappa shape index (κ1) is 21.9. The highest BCUT2D eigenvalue weighted by Crippen LogP contribution is 2.28. The Morgan fingerprint density at radius 2 is 1.67 bits per heavy atom. The van der Waals surface area contributed by atoms with E-state index in [-0.39, 0.29) is 11.4 Å². The summed E-state index contributed by atoms with van der Waals surface area (Å²) in [6, 6.07) is 21.0. The Bertz CT molecular complexity index is 1150. The third-order valence-corrected chi connectivity index (χ3v) is 7.32. The maximum Gasteiger partial charge on any atom is 0.264 e. The lowest BCUT2D eigenvalue weighted by atomic mass is 10.1. The van der Waals surface area contributed by atoms with Crippen LogP contribution in [0, 0.1) is 13.8 Å². The smallest absolute Gasteiger partial charge is 0.264 e. The first-order valence-corrected chi connectivity index (χ1v) is 12.1. The second-order valence-electron chi connectivity index (χ2n) is 6.82. The number of thioether (sulfide) groups is 1. The van der Waals surface area contributed by atoms with Crippen LogP contribution < -0.4 is 9.62 Å². The molecule has 5 nitrogen and oxygen atoms in total. The minimum Gasteiger partial charge on any atom is -0.324 e. The number of carbonyl (C=O) groups excluding carboxylic acids is 1. The van der Waals surface area contributed by atoms with Crippen LogP contribution in [-0.2, 0) is 14.8 Å². The number of amides is 1. The van der Waals surface area contributed by atoms with Gasteiger partial charge in [-0.1, -0.05) is 36.4 Å². The normalized spacial score (nSPS) is 11.2. The molecule has 0 aromatic heterocycles. The second-order valence-corrected chi connectivity index (χ2v) is 9.57. The van der Waals surface area contributed by atoms with E-state index in [9.17, 15) is 13.2 Å². The zero-order valence-electron chi connectivity index (χ0n) is 17.1. The van der Waals surface area contributed by atoms with Gasteiger partial charge in [0.2, 0.25) is 5.91 Å². The third-order valence-electron chi connectivity index (χ3n) is 4.82. The summed E-state index contributed by atoms with van der Waals surface area (Å²) in [6.45, 7) is 3.45. The molecule has 0 aliphatic heterocycles. The number of nitrogens with zero attached hydrogens (tertiary/aromatic N) is 1. The van der Waals surface area contributed by atoms with Crippen molar-refractivity contribution in [3.05, 3.63) is 83.9 Å². The van der Waals surface area contributed by atoms with E-state index in [0.29, 0.717) is 11.4 Å². The van der Waals surface area contributed by atoms with Gasteiger partial charge in [-0.2, -0.15) is 0 Å². The summed E-state index contributed by atoms with van der Waals surface area (Å²) in [5.41, 5.74) is 2.89. The van der Waals surface area contributed by atoms with Gasteiger partial charge in [0.05, 0.1) is 10.6 Å². The van der Waals surface area contributed by atoms with Crippen molar-refractivity contribution in [2.24, 2.45) is 0 Å². The van der Waals surface area contributed by atoms with Crippen LogP contribution in [0.25, 0.3) is 0 Å². The number of carbonyl (C=O) groups is 1. The van der Waals surface area contributed by atoms with Crippen LogP contribution in [-0.4, -0.2) is 27.1 Å². The standard InChI is InChI=1S/C23H24N2O3S2/c1-17-9-7-14-22(18(17)2)25(30(27,28)21-12-5-4-6-13-21)16-23(26)24-19-10-8-11-20(15-19)29-3/h4-15H,16H2,1-3H3,(H,24,26). The van der Waals surface area contributed by atoms with E-state index in [2.05, 4.69) is 5.32 Å². The van der Waals surface area contributed by atoms with Crippen molar-refractivity contribution in [1.29, 1.82) is 0 Å². The Morgan fingerprint density at radius 3 is 2.37 bits per heavy atom. The third kappa shape index (κ3) is 4.86. The largest absolute Gasteiger partial charge is 0.324 e. The number of aryl methyl sites for hydroxylation is 1. The molecule has 3 rings (SSSR count). The molecule has 0 fully saturated rings. The van der Waals surface area contributed by atoms with Gasteiger partial charge in [0.1, 0.15) is 6.54 Å². The highest BCUT2D eigenvalue weighted by atomic mass is 32.2. The molecule has 0 bridgehead atoms. The molecule has 30 heavy (non-hydrogen) atoms. The Labute approximate surface area is 182 Å². The maximum atomic E-state index is 13.4. The van der Waals surface area contributed by atoms with Crippen LogP contribution in [0.15, 0.2) is 82.6 Å². The zero-order chi connectivity index (χ0) is 21.7. The number of rotatable bonds is 7. The first-order chi connectivity index (χ1) is 14.3. The SMILES string of the molecule is CSc1cccc(NC(=O)CN(c2cccc(C)c2C)S(=O)(=O)c2ccccc2)c1. The van der Waals surface area contributed by atoms with Crippen molar-refractivity contribution in [2.75, 3.05) is 22.4 Å². The molecular weight excluding hydrogens is 416 g/mol. The summed E-state index contributed by atoms with van der Waals surface area (Å²) < 4.78 is 28.0. The summed E-state index contributed by atoms with van der Waals surface area (Å²) in [5, 5.41) is 2.82. The number of hydrogen-bond donors (Lipinski definition) is 1. The summed E-state index contributed by atoms with van der Waals surface area (Å²) in [7, 11) is -3.93. The number of anilines is 2. The topological polar surface area (TPSA) is 66.5 Å². The molecule has 7 heteroatoms. The van der Waals surface area contributed by atoms with Crippen LogP contribution in [0.1, 0.15) is 11.1 Å². The van der Waals surface area contributed by atoms with Gasteiger partial charge in [0.15, 0.2) is 0 Å². The predicted octanol–water partition coefficient (Wildman–Crippen LogP) is 4.86. The van der Waals surface area contributed by atoms with Gasteiger partial charge in [-0.25, -0.2) is 8.42 Å². The average Bonchev–Trinajstić information content (AvgIpc) is 2.75. The van der Waals surface area contributed by atoms with Gasteiger partial charge in [0, 0.05) is 10.6 Å². The Morgan fingerprint density at radius 1 is 0.967 bits per heavy atom. The van der Waals surface area contributed by atoms with Crippen LogP contribution in [0.5, 0.6) is 0 Å². The highest BCUT2D eigenvalue weighted by molar-refractivity contribution is 7.98. The zero-order valence-corrected chi connectivity index (χ0v) is 18.8. The number of nitrogens with one attached hydrogen (secondary N) is 1. The van der Waals surface area contributed by atoms with Gasteiger partial charge >= 0.3 is 0 Å². The molecule has 0 atom stereocenters. The Hall–Kier alpha value is -2.77. The van der Waals surface area contributed by atoms with Gasteiger partial charge < -0.3 is 5.32 Å². The molecule has 3 aromatic carbocycles. The van der Waals surface area contributed by atoms with Crippen molar-refractivity contribution in [2.45, 2.75) is 23.6 Å². The number of sulfonamides is 1. The molecule has 0 aliphatic carbocycles. The molecule has 1 N–H and O–H groups in total. The summed E-state index contributed by atoms with van der Waals surface area (Å²) in [4.78, 5) is 14.0. The van der Waals surface area contributed by atoms with E-state index < -0.39 is 15.9 Å². The molecule has 156 valence electrons. The quantitative estimate of drug-likeness (QED) is 0.533. The fourth-order valence-corrected chi connectivity index (χ4v) is 5.02. The summed E-state index contributed by atoms with van der Waals surface area (Å²) in [6.07, 6.45) is 1.95.